The number of nitro benzene ring substituents is 1. The highest BCUT2D eigenvalue weighted by Gasteiger charge is 2.37. The minimum absolute atomic E-state index is 0.144. The molecular formula is C48H55ClN8O5S2. The Morgan fingerprint density at radius 1 is 0.938 bits per heavy atom. The lowest BCUT2D eigenvalue weighted by molar-refractivity contribution is -0.384. The van der Waals surface area contributed by atoms with E-state index in [4.69, 9.17) is 11.6 Å². The monoisotopic (exact) mass is 922 g/mol. The third-order valence-corrected chi connectivity index (χ3v) is 15.1. The van der Waals surface area contributed by atoms with Crippen molar-refractivity contribution < 1.29 is 18.1 Å². The van der Waals surface area contributed by atoms with Gasteiger partial charge in [0, 0.05) is 103 Å². The van der Waals surface area contributed by atoms with Gasteiger partial charge in [-0.1, -0.05) is 60.1 Å². The molecule has 5 aromatic carbocycles. The summed E-state index contributed by atoms with van der Waals surface area (Å²) in [6, 6.07) is 36.5. The van der Waals surface area contributed by atoms with Crippen molar-refractivity contribution in [2.24, 2.45) is 0 Å². The third kappa shape index (κ3) is 11.4. The number of carbonyl (C=O) groups excluding carboxylic acids is 1. The first-order valence-corrected chi connectivity index (χ1v) is 24.6. The summed E-state index contributed by atoms with van der Waals surface area (Å²) in [5.41, 5.74) is 5.89. The van der Waals surface area contributed by atoms with Crippen LogP contribution in [0, 0.1) is 10.1 Å². The number of halogens is 1. The number of nitro groups is 1. The number of anilines is 2. The Hall–Kier alpha value is -5.00. The Kier molecular flexibility index (Phi) is 14.6. The van der Waals surface area contributed by atoms with Crippen molar-refractivity contribution >= 4 is 56.4 Å². The second kappa shape index (κ2) is 20.4. The summed E-state index contributed by atoms with van der Waals surface area (Å²) in [6.07, 6.45) is 1.93. The maximum atomic E-state index is 13.5. The van der Waals surface area contributed by atoms with E-state index in [-0.39, 0.29) is 22.2 Å². The number of thioether (sulfide) groups is 1. The minimum atomic E-state index is -4.44. The first-order chi connectivity index (χ1) is 30.9. The zero-order valence-electron chi connectivity index (χ0n) is 36.2. The van der Waals surface area contributed by atoms with Crippen molar-refractivity contribution in [1.29, 1.82) is 0 Å². The van der Waals surface area contributed by atoms with Crippen molar-refractivity contribution in [3.8, 4) is 11.1 Å². The highest BCUT2D eigenvalue weighted by atomic mass is 35.5. The molecule has 3 N–H and O–H groups in total. The fourth-order valence-electron chi connectivity index (χ4n) is 8.83. The van der Waals surface area contributed by atoms with Crippen LogP contribution >= 0.6 is 23.4 Å². The highest BCUT2D eigenvalue weighted by molar-refractivity contribution is 7.99. The van der Waals surface area contributed by atoms with E-state index in [0.717, 1.165) is 81.1 Å². The molecule has 3 atom stereocenters. The zero-order chi connectivity index (χ0) is 44.8. The van der Waals surface area contributed by atoms with Crippen LogP contribution in [0.4, 0.5) is 17.1 Å². The molecule has 2 bridgehead atoms. The Morgan fingerprint density at radius 2 is 1.69 bits per heavy atom. The number of likely N-dealkylation sites (tertiary alicyclic amines) is 1. The van der Waals surface area contributed by atoms with Gasteiger partial charge < -0.3 is 20.4 Å². The van der Waals surface area contributed by atoms with Crippen LogP contribution in [0.25, 0.3) is 11.1 Å². The van der Waals surface area contributed by atoms with Crippen LogP contribution < -0.4 is 20.3 Å². The number of sulfonamides is 1. The largest absolute Gasteiger partial charge is 0.376 e. The minimum Gasteiger partial charge on any atom is -0.376 e. The standard InChI is InChI=1S/C48H55ClN8O5S2/c1-53(2)21-20-39(33-63-43-6-4-3-5-7-43)51-46-19-17-44(28-47(46)57(59)60)64(61,62)52-48(58)36-11-15-41(16-12-36)55-24-22-54(23-25-55)31-37-26-34(30-56-32-40-27-42(56)29-50-40)8-18-45(37)35-9-13-38(49)14-10-35/h3-19,26,28,39-40,42,50-51H,20-25,27,29-33H2,1-2H3,(H,52,58)/t39?,40-,42-/m1/s1. The fourth-order valence-corrected chi connectivity index (χ4v) is 10.9. The van der Waals surface area contributed by atoms with E-state index < -0.39 is 26.5 Å². The molecule has 5 aromatic rings. The molecule has 0 aromatic heterocycles. The number of rotatable bonds is 18. The molecular weight excluding hydrogens is 868 g/mol. The van der Waals surface area contributed by atoms with Gasteiger partial charge in [0.2, 0.25) is 0 Å². The summed E-state index contributed by atoms with van der Waals surface area (Å²) in [6.45, 7) is 7.93. The molecule has 16 heteroatoms. The molecule has 3 heterocycles. The van der Waals surface area contributed by atoms with E-state index in [1.165, 1.54) is 35.2 Å². The summed E-state index contributed by atoms with van der Waals surface area (Å²) in [4.78, 5) is 35.0. The van der Waals surface area contributed by atoms with Crippen LogP contribution in [-0.4, -0.2) is 118 Å². The van der Waals surface area contributed by atoms with E-state index in [1.54, 1.807) is 23.9 Å². The predicted octanol–water partition coefficient (Wildman–Crippen LogP) is 7.43. The van der Waals surface area contributed by atoms with Gasteiger partial charge in [0.15, 0.2) is 0 Å². The topological polar surface area (TPSA) is 143 Å². The molecule has 0 radical (unpaired) electrons. The summed E-state index contributed by atoms with van der Waals surface area (Å²) < 4.78 is 29.1. The SMILES string of the molecule is CN(C)CCC(CSc1ccccc1)Nc1ccc(S(=O)(=O)NC(=O)c2ccc(N3CCN(Cc4cc(CN5C[C@H]6C[C@@H]5CN6)ccc4-c4ccc(Cl)cc4)CC3)cc2)cc1[N+](=O)[O-]. The predicted molar refractivity (Wildman–Crippen MR) is 257 cm³/mol. The zero-order valence-corrected chi connectivity index (χ0v) is 38.5. The number of amides is 1. The van der Waals surface area contributed by atoms with Gasteiger partial charge >= 0.3 is 0 Å². The first kappa shape index (κ1) is 45.6. The number of hydrogen-bond acceptors (Lipinski definition) is 12. The van der Waals surface area contributed by atoms with E-state index in [9.17, 15) is 23.3 Å². The summed E-state index contributed by atoms with van der Waals surface area (Å²) in [7, 11) is -0.517. The molecule has 3 fully saturated rings. The maximum absolute atomic E-state index is 13.5. The van der Waals surface area contributed by atoms with E-state index in [2.05, 4.69) is 60.4 Å². The van der Waals surface area contributed by atoms with Crippen LogP contribution in [0.1, 0.15) is 34.3 Å². The molecule has 8 rings (SSSR count). The molecule has 336 valence electrons. The molecule has 13 nitrogen and oxygen atoms in total. The molecule has 0 spiro atoms. The normalized spacial score (nSPS) is 18.3. The first-order valence-electron chi connectivity index (χ1n) is 21.7. The number of nitrogens with one attached hydrogen (secondary N) is 3. The average molecular weight is 924 g/mol. The lowest BCUT2D eigenvalue weighted by Crippen LogP contribution is -2.46. The number of carbonyl (C=O) groups is 1. The van der Waals surface area contributed by atoms with Crippen molar-refractivity contribution in [1.82, 2.24) is 24.7 Å². The average Bonchev–Trinajstić information content (AvgIpc) is 3.92. The summed E-state index contributed by atoms with van der Waals surface area (Å²) in [5, 5.41) is 19.9. The van der Waals surface area contributed by atoms with E-state index >= 15 is 0 Å². The third-order valence-electron chi connectivity index (χ3n) is 12.3. The molecule has 3 aliphatic heterocycles. The Morgan fingerprint density at radius 3 is 2.36 bits per heavy atom. The van der Waals surface area contributed by atoms with Crippen LogP contribution in [0.5, 0.6) is 0 Å². The van der Waals surface area contributed by atoms with Gasteiger partial charge in [0.25, 0.3) is 21.6 Å². The molecule has 0 aliphatic carbocycles. The van der Waals surface area contributed by atoms with Gasteiger partial charge in [-0.2, -0.15) is 0 Å². The molecule has 0 saturated carbocycles. The number of fused-ring (bicyclic) bond motifs is 2. The maximum Gasteiger partial charge on any atom is 0.293 e. The second-order valence-electron chi connectivity index (χ2n) is 17.2. The van der Waals surface area contributed by atoms with Gasteiger partial charge in [-0.3, -0.25) is 24.7 Å². The van der Waals surface area contributed by atoms with E-state index in [0.29, 0.717) is 29.3 Å². The number of hydrogen-bond donors (Lipinski definition) is 3. The van der Waals surface area contributed by atoms with Crippen LogP contribution in [0.15, 0.2) is 125 Å². The van der Waals surface area contributed by atoms with Crippen molar-refractivity contribution in [3.63, 3.8) is 0 Å². The number of benzene rings is 5. The molecule has 64 heavy (non-hydrogen) atoms. The molecule has 3 aliphatic rings. The summed E-state index contributed by atoms with van der Waals surface area (Å²) in [5.74, 6) is -0.185. The van der Waals surface area contributed by atoms with Crippen LogP contribution in [0.3, 0.4) is 0 Å². The van der Waals surface area contributed by atoms with Gasteiger partial charge in [-0.05, 0) is 116 Å². The lowest BCUT2D eigenvalue weighted by atomic mass is 9.96. The molecule has 1 amide bonds. The quantitative estimate of drug-likeness (QED) is 0.0457. The van der Waals surface area contributed by atoms with Crippen LogP contribution in [0.2, 0.25) is 5.02 Å². The second-order valence-corrected chi connectivity index (χ2v) is 20.4. The van der Waals surface area contributed by atoms with Crippen molar-refractivity contribution in [2.45, 2.75) is 53.8 Å². The Balaban J connectivity index is 0.882. The van der Waals surface area contributed by atoms with Crippen molar-refractivity contribution in [2.75, 3.05) is 75.9 Å². The Labute approximate surface area is 385 Å². The van der Waals surface area contributed by atoms with Crippen LogP contribution in [-0.2, 0) is 23.1 Å². The smallest absolute Gasteiger partial charge is 0.293 e. The van der Waals surface area contributed by atoms with Gasteiger partial charge in [0.1, 0.15) is 5.69 Å². The lowest BCUT2D eigenvalue weighted by Gasteiger charge is -2.36. The van der Waals surface area contributed by atoms with E-state index in [1.807, 2.05) is 73.6 Å². The number of piperazine rings is 2. The fraction of sp³-hybridized carbons (Fsp3) is 0.354. The van der Waals surface area contributed by atoms with Crippen molar-refractivity contribution in [3.05, 3.63) is 147 Å². The van der Waals surface area contributed by atoms with Gasteiger partial charge in [0.05, 0.1) is 9.82 Å². The summed E-state index contributed by atoms with van der Waals surface area (Å²) >= 11 is 7.89. The Bertz CT molecular complexity index is 2520. The molecule has 1 unspecified atom stereocenters. The van der Waals surface area contributed by atoms with Gasteiger partial charge in [-0.25, -0.2) is 13.1 Å². The van der Waals surface area contributed by atoms with Gasteiger partial charge in [-0.15, -0.1) is 11.8 Å². The molecule has 3 saturated heterocycles. The highest BCUT2D eigenvalue weighted by Crippen LogP contribution is 2.32. The number of nitrogens with zero attached hydrogens (tertiary/aromatic N) is 5.